The number of alkyl halides is 3. The van der Waals surface area contributed by atoms with Crippen LogP contribution in [0, 0.1) is 11.8 Å². The summed E-state index contributed by atoms with van der Waals surface area (Å²) in [6, 6.07) is 1.44. The number of nitrogens with one attached hydrogen (secondary N) is 1. The smallest absolute Gasteiger partial charge is 0.437 e. The number of pyridine rings is 1. The molecule has 2 rings (SSSR count). The van der Waals surface area contributed by atoms with Crippen LogP contribution in [-0.4, -0.2) is 24.2 Å². The van der Waals surface area contributed by atoms with Crippen LogP contribution in [0.2, 0.25) is 0 Å². The highest BCUT2D eigenvalue weighted by atomic mass is 35.5. The van der Waals surface area contributed by atoms with E-state index in [2.05, 4.69) is 29.1 Å². The Morgan fingerprint density at radius 1 is 1.43 bits per heavy atom. The van der Waals surface area contributed by atoms with Crippen molar-refractivity contribution in [1.82, 2.24) is 10.3 Å². The maximum absolute atomic E-state index is 13.0. The van der Waals surface area contributed by atoms with Crippen LogP contribution in [0.25, 0.3) is 0 Å². The van der Waals surface area contributed by atoms with Gasteiger partial charge in [-0.05, 0) is 25.5 Å². The highest BCUT2D eigenvalue weighted by molar-refractivity contribution is 5.85. The summed E-state index contributed by atoms with van der Waals surface area (Å²) in [5, 5.41) is 3.08. The first-order valence-corrected chi connectivity index (χ1v) is 7.43. The van der Waals surface area contributed by atoms with Gasteiger partial charge in [0.05, 0.1) is 0 Å². The van der Waals surface area contributed by atoms with Crippen LogP contribution in [-0.2, 0) is 6.18 Å². The summed E-state index contributed by atoms with van der Waals surface area (Å²) in [4.78, 5) is 3.50. The van der Waals surface area contributed by atoms with Crippen LogP contribution >= 0.6 is 12.4 Å². The zero-order valence-electron chi connectivity index (χ0n) is 12.9. The van der Waals surface area contributed by atoms with Crippen molar-refractivity contribution in [2.75, 3.05) is 13.2 Å². The van der Waals surface area contributed by atoms with E-state index in [4.69, 9.17) is 4.74 Å². The van der Waals surface area contributed by atoms with Gasteiger partial charge in [-0.25, -0.2) is 4.98 Å². The Morgan fingerprint density at radius 3 is 2.74 bits per heavy atom. The molecule has 0 spiro atoms. The standard InChI is InChI=1S/C16H19F3N2O.ClH/c1-2-3-4-5-6-12-9-14(22-11-13-7-8-20-13)15(21-10-12)16(17,18)19;/h9-10,13,20H,2-4,7-8,11H2,1H3;1H/t13-;/m0./s1. The molecule has 1 aliphatic rings. The SMILES string of the molecule is CCCCC#Cc1cnc(C(F)(F)F)c(OC[C@@H]2CCN2)c1.Cl. The van der Waals surface area contributed by atoms with Crippen LogP contribution in [0.3, 0.4) is 0 Å². The molecule has 0 aromatic carbocycles. The molecule has 2 heterocycles. The molecule has 0 aliphatic carbocycles. The minimum absolute atomic E-state index is 0. The molecule has 7 heteroatoms. The normalized spacial score (nSPS) is 16.6. The van der Waals surface area contributed by atoms with Crippen LogP contribution in [0.4, 0.5) is 13.2 Å². The van der Waals surface area contributed by atoms with Crippen molar-refractivity contribution < 1.29 is 17.9 Å². The number of unbranched alkanes of at least 4 members (excludes halogenated alkanes) is 2. The van der Waals surface area contributed by atoms with Gasteiger partial charge >= 0.3 is 6.18 Å². The Labute approximate surface area is 140 Å². The first-order valence-electron chi connectivity index (χ1n) is 7.43. The summed E-state index contributed by atoms with van der Waals surface area (Å²) in [7, 11) is 0. The molecule has 1 atom stereocenters. The minimum Gasteiger partial charge on any atom is -0.490 e. The van der Waals surface area contributed by atoms with Crippen molar-refractivity contribution in [3.63, 3.8) is 0 Å². The van der Waals surface area contributed by atoms with E-state index in [1.807, 2.05) is 0 Å². The van der Waals surface area contributed by atoms with E-state index < -0.39 is 11.9 Å². The molecule has 3 nitrogen and oxygen atoms in total. The number of aromatic nitrogens is 1. The quantitative estimate of drug-likeness (QED) is 0.649. The third kappa shape index (κ3) is 5.92. The van der Waals surface area contributed by atoms with Gasteiger partial charge in [-0.3, -0.25) is 0 Å². The lowest BCUT2D eigenvalue weighted by Crippen LogP contribution is -2.46. The second kappa shape index (κ2) is 8.99. The molecule has 0 amide bonds. The molecule has 1 saturated heterocycles. The Kier molecular flexibility index (Phi) is 7.66. The molecular weight excluding hydrogens is 329 g/mol. The van der Waals surface area contributed by atoms with Crippen LogP contribution in [0.5, 0.6) is 5.75 Å². The molecule has 0 saturated carbocycles. The molecule has 1 aromatic rings. The molecule has 23 heavy (non-hydrogen) atoms. The fourth-order valence-electron chi connectivity index (χ4n) is 1.95. The molecule has 1 fully saturated rings. The molecule has 0 radical (unpaired) electrons. The minimum atomic E-state index is -4.53. The second-order valence-corrected chi connectivity index (χ2v) is 5.22. The van der Waals surface area contributed by atoms with Crippen molar-refractivity contribution >= 4 is 12.4 Å². The largest absolute Gasteiger partial charge is 0.490 e. The molecule has 0 bridgehead atoms. The zero-order valence-corrected chi connectivity index (χ0v) is 13.7. The molecule has 0 unspecified atom stereocenters. The average Bonchev–Trinajstić information content (AvgIpc) is 2.41. The summed E-state index contributed by atoms with van der Waals surface area (Å²) in [6.07, 6.45) is 0.248. The fraction of sp³-hybridized carbons (Fsp3) is 0.562. The van der Waals surface area contributed by atoms with Gasteiger partial charge in [0.25, 0.3) is 0 Å². The van der Waals surface area contributed by atoms with Gasteiger partial charge in [-0.1, -0.05) is 25.2 Å². The lowest BCUT2D eigenvalue weighted by Gasteiger charge is -2.27. The number of hydrogen-bond donors (Lipinski definition) is 1. The molecule has 1 N–H and O–H groups in total. The Hall–Kier alpha value is -1.45. The zero-order chi connectivity index (χ0) is 16.0. The number of nitrogens with zero attached hydrogens (tertiary/aromatic N) is 1. The van der Waals surface area contributed by atoms with Gasteiger partial charge in [0.15, 0.2) is 11.4 Å². The predicted molar refractivity (Wildman–Crippen MR) is 84.8 cm³/mol. The van der Waals surface area contributed by atoms with E-state index >= 15 is 0 Å². The predicted octanol–water partition coefficient (Wildman–Crippen LogP) is 3.80. The van der Waals surface area contributed by atoms with Gasteiger partial charge in [0.2, 0.25) is 0 Å². The molecule has 1 aromatic heterocycles. The number of hydrogen-bond acceptors (Lipinski definition) is 3. The van der Waals surface area contributed by atoms with Gasteiger partial charge < -0.3 is 10.1 Å². The number of halogens is 4. The van der Waals surface area contributed by atoms with E-state index in [0.717, 1.165) is 38.4 Å². The van der Waals surface area contributed by atoms with Crippen molar-refractivity contribution in [2.24, 2.45) is 0 Å². The Bertz CT molecular complexity index is 563. The van der Waals surface area contributed by atoms with Gasteiger partial charge in [0.1, 0.15) is 6.61 Å². The lowest BCUT2D eigenvalue weighted by molar-refractivity contribution is -0.142. The summed E-state index contributed by atoms with van der Waals surface area (Å²) in [5.74, 6) is 5.53. The van der Waals surface area contributed by atoms with Gasteiger partial charge in [-0.2, -0.15) is 13.2 Å². The second-order valence-electron chi connectivity index (χ2n) is 5.22. The number of rotatable bonds is 5. The molecule has 1 aliphatic heterocycles. The topological polar surface area (TPSA) is 34.1 Å². The third-order valence-corrected chi connectivity index (χ3v) is 3.38. The number of ether oxygens (including phenoxy) is 1. The Morgan fingerprint density at radius 2 is 2.17 bits per heavy atom. The fourth-order valence-corrected chi connectivity index (χ4v) is 1.95. The summed E-state index contributed by atoms with van der Waals surface area (Å²) in [6.45, 7) is 3.14. The van der Waals surface area contributed by atoms with Crippen molar-refractivity contribution in [3.8, 4) is 17.6 Å². The average molecular weight is 349 g/mol. The van der Waals surface area contributed by atoms with E-state index in [-0.39, 0.29) is 30.8 Å². The van der Waals surface area contributed by atoms with E-state index in [9.17, 15) is 13.2 Å². The highest BCUT2D eigenvalue weighted by Crippen LogP contribution is 2.35. The van der Waals surface area contributed by atoms with Crippen LogP contribution in [0.15, 0.2) is 12.3 Å². The van der Waals surface area contributed by atoms with Gasteiger partial charge in [0, 0.05) is 24.2 Å². The summed E-state index contributed by atoms with van der Waals surface area (Å²) in [5.41, 5.74) is -0.549. The van der Waals surface area contributed by atoms with Crippen molar-refractivity contribution in [2.45, 2.75) is 44.8 Å². The third-order valence-electron chi connectivity index (χ3n) is 3.38. The highest BCUT2D eigenvalue weighted by Gasteiger charge is 2.36. The first-order chi connectivity index (χ1) is 10.5. The first kappa shape index (κ1) is 19.6. The van der Waals surface area contributed by atoms with Gasteiger partial charge in [-0.15, -0.1) is 12.4 Å². The monoisotopic (exact) mass is 348 g/mol. The molecule has 128 valence electrons. The van der Waals surface area contributed by atoms with Crippen molar-refractivity contribution in [1.29, 1.82) is 0 Å². The molecular formula is C16H20ClF3N2O. The van der Waals surface area contributed by atoms with Crippen molar-refractivity contribution in [3.05, 3.63) is 23.5 Å². The van der Waals surface area contributed by atoms with E-state index in [1.165, 1.54) is 6.07 Å². The lowest BCUT2D eigenvalue weighted by atomic mass is 10.1. The maximum atomic E-state index is 13.0. The van der Waals surface area contributed by atoms with E-state index in [1.54, 1.807) is 0 Å². The van der Waals surface area contributed by atoms with Crippen LogP contribution < -0.4 is 10.1 Å². The summed E-state index contributed by atoms with van der Waals surface area (Å²) >= 11 is 0. The maximum Gasteiger partial charge on any atom is 0.437 e. The van der Waals surface area contributed by atoms with E-state index in [0.29, 0.717) is 5.56 Å². The summed E-state index contributed by atoms with van der Waals surface area (Å²) < 4.78 is 44.2. The van der Waals surface area contributed by atoms with Crippen LogP contribution in [0.1, 0.15) is 43.9 Å². The Balaban J connectivity index is 0.00000264.